The number of thiophene rings is 1. The maximum Gasteiger partial charge on any atom is 0.341 e. The van der Waals surface area contributed by atoms with E-state index >= 15 is 0 Å². The Hall–Kier alpha value is -2.34. The third-order valence-electron chi connectivity index (χ3n) is 3.15. The third kappa shape index (κ3) is 6.12. The van der Waals surface area contributed by atoms with Gasteiger partial charge in [0.1, 0.15) is 5.75 Å². The van der Waals surface area contributed by atoms with Crippen molar-refractivity contribution in [1.29, 1.82) is 0 Å². The van der Waals surface area contributed by atoms with E-state index in [1.807, 2.05) is 31.2 Å². The average Bonchev–Trinajstić information content (AvgIpc) is 2.91. The lowest BCUT2D eigenvalue weighted by Gasteiger charge is -2.06. The molecule has 2 aromatic rings. The standard InChI is InChI=1S/C17H19NO4S/c1-12-2-7-15(23-12)10-16(19)18-9-8-13-3-5-14(6-4-13)22-11-17(20)21/h2-7H,8-11H2,1H3,(H,18,19)(H,20,21). The molecule has 0 atom stereocenters. The van der Waals surface area contributed by atoms with Crippen molar-refractivity contribution in [3.63, 3.8) is 0 Å². The number of carboxylic acids is 1. The van der Waals surface area contributed by atoms with Gasteiger partial charge < -0.3 is 15.2 Å². The summed E-state index contributed by atoms with van der Waals surface area (Å²) in [7, 11) is 0. The van der Waals surface area contributed by atoms with E-state index in [9.17, 15) is 9.59 Å². The van der Waals surface area contributed by atoms with Crippen molar-refractivity contribution in [1.82, 2.24) is 5.32 Å². The van der Waals surface area contributed by atoms with E-state index in [0.29, 0.717) is 25.1 Å². The monoisotopic (exact) mass is 333 g/mol. The summed E-state index contributed by atoms with van der Waals surface area (Å²) in [6.07, 6.45) is 1.13. The van der Waals surface area contributed by atoms with Gasteiger partial charge in [-0.2, -0.15) is 0 Å². The molecule has 1 heterocycles. The van der Waals surface area contributed by atoms with Gasteiger partial charge in [-0.3, -0.25) is 4.79 Å². The molecule has 122 valence electrons. The summed E-state index contributed by atoms with van der Waals surface area (Å²) >= 11 is 1.64. The quantitative estimate of drug-likeness (QED) is 0.778. The number of amides is 1. The van der Waals surface area contributed by atoms with Crippen molar-refractivity contribution >= 4 is 23.2 Å². The fraction of sp³-hybridized carbons (Fsp3) is 0.294. The van der Waals surface area contributed by atoms with Gasteiger partial charge in [-0.05, 0) is 43.2 Å². The number of carboxylic acid groups (broad SMARTS) is 1. The summed E-state index contributed by atoms with van der Waals surface area (Å²) in [6.45, 7) is 2.24. The first-order chi connectivity index (χ1) is 11.0. The first kappa shape index (κ1) is 17.0. The molecule has 0 fully saturated rings. The summed E-state index contributed by atoms with van der Waals surface area (Å²) < 4.78 is 5.07. The molecular weight excluding hydrogens is 314 g/mol. The van der Waals surface area contributed by atoms with Crippen molar-refractivity contribution in [2.45, 2.75) is 19.8 Å². The number of benzene rings is 1. The van der Waals surface area contributed by atoms with E-state index in [1.165, 1.54) is 4.88 Å². The van der Waals surface area contributed by atoms with Gasteiger partial charge in [0.25, 0.3) is 0 Å². The third-order valence-corrected chi connectivity index (χ3v) is 4.15. The van der Waals surface area contributed by atoms with E-state index < -0.39 is 5.97 Å². The van der Waals surface area contributed by atoms with Crippen LogP contribution in [0.3, 0.4) is 0 Å². The Balaban J connectivity index is 1.71. The van der Waals surface area contributed by atoms with Crippen molar-refractivity contribution in [3.8, 4) is 5.75 Å². The van der Waals surface area contributed by atoms with Crippen LogP contribution in [-0.2, 0) is 22.4 Å². The number of nitrogens with one attached hydrogen (secondary N) is 1. The van der Waals surface area contributed by atoms with Crippen LogP contribution < -0.4 is 10.1 Å². The second-order valence-electron chi connectivity index (χ2n) is 5.12. The van der Waals surface area contributed by atoms with E-state index in [2.05, 4.69) is 5.32 Å². The predicted octanol–water partition coefficient (Wildman–Crippen LogP) is 2.42. The highest BCUT2D eigenvalue weighted by Crippen LogP contribution is 2.15. The van der Waals surface area contributed by atoms with E-state index in [-0.39, 0.29) is 12.5 Å². The van der Waals surface area contributed by atoms with Crippen LogP contribution in [0.2, 0.25) is 0 Å². The van der Waals surface area contributed by atoms with Crippen LogP contribution >= 0.6 is 11.3 Å². The van der Waals surface area contributed by atoms with Crippen molar-refractivity contribution in [3.05, 3.63) is 51.7 Å². The Morgan fingerprint density at radius 1 is 1.17 bits per heavy atom. The molecule has 0 radical (unpaired) electrons. The molecule has 0 saturated heterocycles. The highest BCUT2D eigenvalue weighted by atomic mass is 32.1. The van der Waals surface area contributed by atoms with Crippen molar-refractivity contribution in [2.24, 2.45) is 0 Å². The van der Waals surface area contributed by atoms with Gasteiger partial charge in [-0.15, -0.1) is 11.3 Å². The Kier molecular flexibility index (Phi) is 6.17. The lowest BCUT2D eigenvalue weighted by atomic mass is 10.1. The average molecular weight is 333 g/mol. The lowest BCUT2D eigenvalue weighted by molar-refractivity contribution is -0.139. The number of aliphatic carboxylic acids is 1. The van der Waals surface area contributed by atoms with Gasteiger partial charge in [0.15, 0.2) is 6.61 Å². The van der Waals surface area contributed by atoms with Crippen LogP contribution in [0, 0.1) is 6.92 Å². The zero-order valence-corrected chi connectivity index (χ0v) is 13.7. The predicted molar refractivity (Wildman–Crippen MR) is 89.0 cm³/mol. The molecule has 1 amide bonds. The molecule has 23 heavy (non-hydrogen) atoms. The number of hydrogen-bond acceptors (Lipinski definition) is 4. The Morgan fingerprint density at radius 3 is 2.52 bits per heavy atom. The topological polar surface area (TPSA) is 75.6 Å². The van der Waals surface area contributed by atoms with Gasteiger partial charge in [0.2, 0.25) is 5.91 Å². The number of aryl methyl sites for hydroxylation is 1. The van der Waals surface area contributed by atoms with Gasteiger partial charge in [0.05, 0.1) is 6.42 Å². The van der Waals surface area contributed by atoms with Gasteiger partial charge in [-0.1, -0.05) is 12.1 Å². The SMILES string of the molecule is Cc1ccc(CC(=O)NCCc2ccc(OCC(=O)O)cc2)s1. The zero-order valence-electron chi connectivity index (χ0n) is 12.9. The molecule has 0 saturated carbocycles. The van der Waals surface area contributed by atoms with Crippen LogP contribution in [0.5, 0.6) is 5.75 Å². The molecule has 1 aromatic carbocycles. The smallest absolute Gasteiger partial charge is 0.341 e. The van der Waals surface area contributed by atoms with E-state index in [1.54, 1.807) is 23.5 Å². The molecule has 1 aromatic heterocycles. The fourth-order valence-corrected chi connectivity index (χ4v) is 2.93. The Bertz CT molecular complexity index is 663. The zero-order chi connectivity index (χ0) is 16.7. The van der Waals surface area contributed by atoms with E-state index in [0.717, 1.165) is 10.4 Å². The molecule has 5 nitrogen and oxygen atoms in total. The fourth-order valence-electron chi connectivity index (χ4n) is 2.04. The maximum absolute atomic E-state index is 11.8. The minimum absolute atomic E-state index is 0.0215. The summed E-state index contributed by atoms with van der Waals surface area (Å²) in [4.78, 5) is 24.5. The number of carbonyl (C=O) groups is 2. The molecule has 0 unspecified atom stereocenters. The second kappa shape index (κ2) is 8.33. The van der Waals surface area contributed by atoms with Gasteiger partial charge >= 0.3 is 5.97 Å². The van der Waals surface area contributed by atoms with Crippen molar-refractivity contribution in [2.75, 3.05) is 13.2 Å². The molecule has 0 aliphatic rings. The number of rotatable bonds is 8. The molecule has 0 aliphatic heterocycles. The van der Waals surface area contributed by atoms with Crippen LogP contribution in [0.1, 0.15) is 15.3 Å². The van der Waals surface area contributed by atoms with E-state index in [4.69, 9.17) is 9.84 Å². The Morgan fingerprint density at radius 2 is 1.91 bits per heavy atom. The highest BCUT2D eigenvalue weighted by molar-refractivity contribution is 7.12. The summed E-state index contributed by atoms with van der Waals surface area (Å²) in [5.41, 5.74) is 1.06. The first-order valence-corrected chi connectivity index (χ1v) is 8.10. The molecule has 0 aliphatic carbocycles. The van der Waals surface area contributed by atoms with Gasteiger partial charge in [0, 0.05) is 16.3 Å². The molecule has 0 bridgehead atoms. The second-order valence-corrected chi connectivity index (χ2v) is 6.49. The normalized spacial score (nSPS) is 10.3. The maximum atomic E-state index is 11.8. The molecule has 2 N–H and O–H groups in total. The van der Waals surface area contributed by atoms with Gasteiger partial charge in [-0.25, -0.2) is 4.79 Å². The molecule has 0 spiro atoms. The van der Waals surface area contributed by atoms with Crippen LogP contribution in [0.4, 0.5) is 0 Å². The van der Waals surface area contributed by atoms with Crippen LogP contribution in [0.15, 0.2) is 36.4 Å². The summed E-state index contributed by atoms with van der Waals surface area (Å²) in [5, 5.41) is 11.4. The Labute approximate surface area is 138 Å². The highest BCUT2D eigenvalue weighted by Gasteiger charge is 2.05. The largest absolute Gasteiger partial charge is 0.482 e. The van der Waals surface area contributed by atoms with Crippen LogP contribution in [-0.4, -0.2) is 30.1 Å². The minimum atomic E-state index is -1.00. The first-order valence-electron chi connectivity index (χ1n) is 7.28. The van der Waals surface area contributed by atoms with Crippen LogP contribution in [0.25, 0.3) is 0 Å². The number of carbonyl (C=O) groups excluding carboxylic acids is 1. The molecule has 6 heteroatoms. The van der Waals surface area contributed by atoms with Crippen molar-refractivity contribution < 1.29 is 19.4 Å². The number of ether oxygens (including phenoxy) is 1. The molecule has 2 rings (SSSR count). The minimum Gasteiger partial charge on any atom is -0.482 e. The molecular formula is C17H19NO4S. The number of hydrogen-bond donors (Lipinski definition) is 2. The lowest BCUT2D eigenvalue weighted by Crippen LogP contribution is -2.26. The summed E-state index contributed by atoms with van der Waals surface area (Å²) in [5.74, 6) is -0.459. The summed E-state index contributed by atoms with van der Waals surface area (Å²) in [6, 6.07) is 11.2.